The first-order chi connectivity index (χ1) is 12.5. The molecule has 0 spiro atoms. The van der Waals surface area contributed by atoms with Crippen LogP contribution in [-0.2, 0) is 11.2 Å². The molecule has 0 radical (unpaired) electrons. The van der Waals surface area contributed by atoms with E-state index in [1.807, 2.05) is 37.3 Å². The average Bonchev–Trinajstić information content (AvgIpc) is 2.63. The van der Waals surface area contributed by atoms with Gasteiger partial charge in [0, 0.05) is 18.7 Å². The van der Waals surface area contributed by atoms with Gasteiger partial charge >= 0.3 is 0 Å². The lowest BCUT2D eigenvalue weighted by molar-refractivity contribution is -0.116. The molecule has 4 heteroatoms. The van der Waals surface area contributed by atoms with Crippen molar-refractivity contribution in [2.75, 3.05) is 25.5 Å². The highest BCUT2D eigenvalue weighted by Gasteiger charge is 2.11. The van der Waals surface area contributed by atoms with Crippen LogP contribution in [0, 0.1) is 6.92 Å². The maximum Gasteiger partial charge on any atom is 0.225 e. The van der Waals surface area contributed by atoms with Crippen molar-refractivity contribution in [3.05, 3.63) is 59.2 Å². The Bertz CT molecular complexity index is 726. The van der Waals surface area contributed by atoms with Crippen LogP contribution in [-0.4, -0.2) is 26.1 Å². The number of para-hydroxylation sites is 2. The average molecular weight is 354 g/mol. The molecule has 2 aromatic rings. The number of hydrogen-bond acceptors (Lipinski definition) is 3. The van der Waals surface area contributed by atoms with E-state index in [2.05, 4.69) is 36.6 Å². The lowest BCUT2D eigenvalue weighted by atomic mass is 9.98. The number of methoxy groups -OCH3 is 1. The Morgan fingerprint density at radius 3 is 2.58 bits per heavy atom. The number of benzene rings is 2. The van der Waals surface area contributed by atoms with Gasteiger partial charge in [0.1, 0.15) is 5.75 Å². The second kappa shape index (κ2) is 9.97. The maximum absolute atomic E-state index is 12.3. The molecule has 2 N–H and O–H groups in total. The summed E-state index contributed by atoms with van der Waals surface area (Å²) in [7, 11) is 1.69. The van der Waals surface area contributed by atoms with E-state index in [9.17, 15) is 4.79 Å². The van der Waals surface area contributed by atoms with Crippen LogP contribution in [0.3, 0.4) is 0 Å². The summed E-state index contributed by atoms with van der Waals surface area (Å²) < 4.78 is 5.36. The van der Waals surface area contributed by atoms with E-state index in [-0.39, 0.29) is 5.91 Å². The summed E-state index contributed by atoms with van der Waals surface area (Å²) in [6, 6.07) is 14.2. The van der Waals surface area contributed by atoms with Crippen molar-refractivity contribution < 1.29 is 9.53 Å². The number of ether oxygens (including phenoxy) is 1. The predicted molar refractivity (Wildman–Crippen MR) is 108 cm³/mol. The third kappa shape index (κ3) is 5.60. The highest BCUT2D eigenvalue weighted by Crippen LogP contribution is 2.27. The summed E-state index contributed by atoms with van der Waals surface area (Å²) in [5, 5.41) is 6.43. The van der Waals surface area contributed by atoms with Gasteiger partial charge in [0.25, 0.3) is 0 Å². The van der Waals surface area contributed by atoms with Crippen molar-refractivity contribution >= 4 is 11.6 Å². The minimum absolute atomic E-state index is 0.0472. The van der Waals surface area contributed by atoms with Crippen LogP contribution in [0.5, 0.6) is 5.75 Å². The van der Waals surface area contributed by atoms with Gasteiger partial charge < -0.3 is 15.4 Å². The zero-order chi connectivity index (χ0) is 18.9. The van der Waals surface area contributed by atoms with Crippen LogP contribution >= 0.6 is 0 Å². The highest BCUT2D eigenvalue weighted by atomic mass is 16.5. The van der Waals surface area contributed by atoms with Gasteiger partial charge in [0.15, 0.2) is 0 Å². The molecule has 0 atom stereocenters. The Hall–Kier alpha value is -2.33. The molecule has 140 valence electrons. The predicted octanol–water partition coefficient (Wildman–Crippen LogP) is 4.29. The Morgan fingerprint density at radius 1 is 1.08 bits per heavy atom. The molecule has 0 fully saturated rings. The van der Waals surface area contributed by atoms with Crippen molar-refractivity contribution in [2.24, 2.45) is 0 Å². The Kier molecular flexibility index (Phi) is 7.67. The molecule has 26 heavy (non-hydrogen) atoms. The third-order valence-electron chi connectivity index (χ3n) is 4.48. The molecule has 0 saturated heterocycles. The van der Waals surface area contributed by atoms with Gasteiger partial charge in [0.2, 0.25) is 5.91 Å². The molecule has 0 aliphatic rings. The fourth-order valence-corrected chi connectivity index (χ4v) is 3.00. The second-order valence-corrected chi connectivity index (χ2v) is 6.80. The Labute approximate surface area is 157 Å². The Morgan fingerprint density at radius 2 is 1.85 bits per heavy atom. The largest absolute Gasteiger partial charge is 0.496 e. The Balaban J connectivity index is 1.78. The van der Waals surface area contributed by atoms with E-state index in [1.165, 1.54) is 11.1 Å². The third-order valence-corrected chi connectivity index (χ3v) is 4.48. The molecule has 2 rings (SSSR count). The summed E-state index contributed by atoms with van der Waals surface area (Å²) >= 11 is 0. The number of nitrogens with one attached hydrogen (secondary N) is 2. The van der Waals surface area contributed by atoms with Crippen molar-refractivity contribution in [3.8, 4) is 5.75 Å². The smallest absolute Gasteiger partial charge is 0.225 e. The first-order valence-corrected chi connectivity index (χ1v) is 9.25. The molecule has 0 aliphatic carbocycles. The van der Waals surface area contributed by atoms with Crippen molar-refractivity contribution in [1.82, 2.24) is 5.32 Å². The number of rotatable bonds is 9. The van der Waals surface area contributed by atoms with E-state index >= 15 is 0 Å². The number of amides is 1. The molecular weight excluding hydrogens is 324 g/mol. The molecule has 0 saturated carbocycles. The standard InChI is InChI=1S/C22H30N2O2/c1-16(2)19-10-7-8-17(3)22(19)24-21(25)13-15-23-14-12-18-9-5-6-11-20(18)26-4/h5-11,16,23H,12-15H2,1-4H3,(H,24,25). The number of anilines is 1. The molecule has 0 heterocycles. The maximum atomic E-state index is 12.3. The summed E-state index contributed by atoms with van der Waals surface area (Å²) in [6.07, 6.45) is 1.33. The van der Waals surface area contributed by atoms with Gasteiger partial charge in [0.05, 0.1) is 7.11 Å². The molecule has 0 bridgehead atoms. The topological polar surface area (TPSA) is 50.4 Å². The van der Waals surface area contributed by atoms with Crippen LogP contribution < -0.4 is 15.4 Å². The summed E-state index contributed by atoms with van der Waals surface area (Å²) in [5.74, 6) is 1.34. The van der Waals surface area contributed by atoms with Gasteiger partial charge in [-0.15, -0.1) is 0 Å². The number of carbonyl (C=O) groups is 1. The number of carbonyl (C=O) groups excluding carboxylic acids is 1. The fraction of sp³-hybridized carbons (Fsp3) is 0.409. The van der Waals surface area contributed by atoms with Crippen LogP contribution in [0.1, 0.15) is 42.9 Å². The van der Waals surface area contributed by atoms with Gasteiger partial charge in [-0.05, 0) is 48.6 Å². The minimum Gasteiger partial charge on any atom is -0.496 e. The van der Waals surface area contributed by atoms with Crippen LogP contribution in [0.15, 0.2) is 42.5 Å². The molecule has 0 aromatic heterocycles. The summed E-state index contributed by atoms with van der Waals surface area (Å²) in [6.45, 7) is 7.79. The molecule has 4 nitrogen and oxygen atoms in total. The SMILES string of the molecule is COc1ccccc1CCNCCC(=O)Nc1c(C)cccc1C(C)C. The lowest BCUT2D eigenvalue weighted by Crippen LogP contribution is -2.24. The van der Waals surface area contributed by atoms with Crippen molar-refractivity contribution in [2.45, 2.75) is 39.5 Å². The van der Waals surface area contributed by atoms with Crippen molar-refractivity contribution in [1.29, 1.82) is 0 Å². The monoisotopic (exact) mass is 354 g/mol. The first kappa shape index (κ1) is 20.0. The first-order valence-electron chi connectivity index (χ1n) is 9.25. The van der Waals surface area contributed by atoms with Gasteiger partial charge in [-0.25, -0.2) is 0 Å². The molecular formula is C22H30N2O2. The lowest BCUT2D eigenvalue weighted by Gasteiger charge is -2.16. The molecule has 0 aliphatic heterocycles. The van der Waals surface area contributed by atoms with Crippen molar-refractivity contribution in [3.63, 3.8) is 0 Å². The van der Waals surface area contributed by atoms with Gasteiger partial charge in [-0.1, -0.05) is 50.2 Å². The highest BCUT2D eigenvalue weighted by molar-refractivity contribution is 5.92. The van der Waals surface area contributed by atoms with Crippen LogP contribution in [0.2, 0.25) is 0 Å². The van der Waals surface area contributed by atoms with E-state index in [0.29, 0.717) is 18.9 Å². The minimum atomic E-state index is 0.0472. The number of aryl methyl sites for hydroxylation is 1. The zero-order valence-electron chi connectivity index (χ0n) is 16.3. The van der Waals surface area contributed by atoms with E-state index in [4.69, 9.17) is 4.74 Å². The van der Waals surface area contributed by atoms with Crippen LogP contribution in [0.25, 0.3) is 0 Å². The quantitative estimate of drug-likeness (QED) is 0.661. The van der Waals surface area contributed by atoms with E-state index in [1.54, 1.807) is 7.11 Å². The fourth-order valence-electron chi connectivity index (χ4n) is 3.00. The van der Waals surface area contributed by atoms with E-state index < -0.39 is 0 Å². The van der Waals surface area contributed by atoms with E-state index in [0.717, 1.165) is 30.0 Å². The molecule has 1 amide bonds. The normalized spacial score (nSPS) is 10.8. The summed E-state index contributed by atoms with van der Waals surface area (Å²) in [4.78, 5) is 12.3. The van der Waals surface area contributed by atoms with Gasteiger partial charge in [-0.2, -0.15) is 0 Å². The number of hydrogen-bond donors (Lipinski definition) is 2. The van der Waals surface area contributed by atoms with Gasteiger partial charge in [-0.3, -0.25) is 4.79 Å². The zero-order valence-corrected chi connectivity index (χ0v) is 16.3. The summed E-state index contributed by atoms with van der Waals surface area (Å²) in [5.41, 5.74) is 4.42. The second-order valence-electron chi connectivity index (χ2n) is 6.80. The van der Waals surface area contributed by atoms with Crippen LogP contribution in [0.4, 0.5) is 5.69 Å². The molecule has 2 aromatic carbocycles. The molecule has 0 unspecified atom stereocenters.